The van der Waals surface area contributed by atoms with Crippen molar-refractivity contribution in [2.24, 2.45) is 0 Å². The standard InChI is InChI=1S/C21H26N4O4/c26-21(16-18-2-4-20(5-3-18)25(27)28)24(17-19-6-8-22-9-7-19)11-1-10-23-12-14-29-15-13-23/h2-9H,1,10-17H2. The van der Waals surface area contributed by atoms with E-state index >= 15 is 0 Å². The van der Waals surface area contributed by atoms with Crippen LogP contribution in [0.25, 0.3) is 0 Å². The molecule has 0 radical (unpaired) electrons. The van der Waals surface area contributed by atoms with E-state index in [1.54, 1.807) is 24.5 Å². The molecule has 154 valence electrons. The van der Waals surface area contributed by atoms with Gasteiger partial charge in [0.05, 0.1) is 24.6 Å². The van der Waals surface area contributed by atoms with Crippen LogP contribution in [0.3, 0.4) is 0 Å². The lowest BCUT2D eigenvalue weighted by molar-refractivity contribution is -0.384. The highest BCUT2D eigenvalue weighted by Gasteiger charge is 2.17. The lowest BCUT2D eigenvalue weighted by atomic mass is 10.1. The number of nitro benzene ring substituents is 1. The Labute approximate surface area is 170 Å². The van der Waals surface area contributed by atoms with Gasteiger partial charge in [-0.1, -0.05) is 12.1 Å². The van der Waals surface area contributed by atoms with E-state index in [1.807, 2.05) is 17.0 Å². The van der Waals surface area contributed by atoms with Crippen LogP contribution in [0.5, 0.6) is 0 Å². The number of morpholine rings is 1. The maximum atomic E-state index is 13.0. The number of carbonyl (C=O) groups is 1. The molecule has 1 fully saturated rings. The van der Waals surface area contributed by atoms with Gasteiger partial charge in [-0.3, -0.25) is 24.8 Å². The summed E-state index contributed by atoms with van der Waals surface area (Å²) in [5.74, 6) is 0.0117. The smallest absolute Gasteiger partial charge is 0.269 e. The van der Waals surface area contributed by atoms with E-state index in [-0.39, 0.29) is 18.0 Å². The molecule has 3 rings (SSSR count). The van der Waals surface area contributed by atoms with Crippen molar-refractivity contribution in [3.05, 3.63) is 70.0 Å². The maximum absolute atomic E-state index is 13.0. The first-order valence-corrected chi connectivity index (χ1v) is 9.82. The van der Waals surface area contributed by atoms with Crippen molar-refractivity contribution in [3.63, 3.8) is 0 Å². The molecule has 0 N–H and O–H groups in total. The number of nitrogens with zero attached hydrogens (tertiary/aromatic N) is 4. The zero-order valence-electron chi connectivity index (χ0n) is 16.4. The van der Waals surface area contributed by atoms with Crippen molar-refractivity contribution in [1.29, 1.82) is 0 Å². The number of non-ortho nitro benzene ring substituents is 1. The average Bonchev–Trinajstić information content (AvgIpc) is 2.75. The highest BCUT2D eigenvalue weighted by Crippen LogP contribution is 2.14. The minimum atomic E-state index is -0.438. The van der Waals surface area contributed by atoms with E-state index in [9.17, 15) is 14.9 Å². The van der Waals surface area contributed by atoms with Crippen molar-refractivity contribution >= 4 is 11.6 Å². The minimum absolute atomic E-state index is 0.0117. The fourth-order valence-electron chi connectivity index (χ4n) is 3.33. The van der Waals surface area contributed by atoms with E-state index in [1.165, 1.54) is 12.1 Å². The number of hydrogen-bond donors (Lipinski definition) is 0. The molecule has 1 aliphatic heterocycles. The van der Waals surface area contributed by atoms with Gasteiger partial charge in [0.1, 0.15) is 0 Å². The molecule has 1 saturated heterocycles. The normalized spacial score (nSPS) is 14.5. The topological polar surface area (TPSA) is 88.8 Å². The maximum Gasteiger partial charge on any atom is 0.269 e. The zero-order chi connectivity index (χ0) is 20.5. The van der Waals surface area contributed by atoms with Gasteiger partial charge in [-0.05, 0) is 29.7 Å². The molecule has 8 heteroatoms. The molecule has 1 aromatic heterocycles. The number of aromatic nitrogens is 1. The molecule has 0 aliphatic carbocycles. The van der Waals surface area contributed by atoms with E-state index in [4.69, 9.17) is 4.74 Å². The molecule has 1 aromatic carbocycles. The van der Waals surface area contributed by atoms with Crippen LogP contribution in [-0.2, 0) is 22.5 Å². The van der Waals surface area contributed by atoms with Gasteiger partial charge in [-0.15, -0.1) is 0 Å². The van der Waals surface area contributed by atoms with E-state index in [0.29, 0.717) is 13.1 Å². The Hall–Kier alpha value is -2.84. The summed E-state index contributed by atoms with van der Waals surface area (Å²) in [6.07, 6.45) is 4.56. The quantitative estimate of drug-likeness (QED) is 0.476. The zero-order valence-corrected chi connectivity index (χ0v) is 16.4. The first-order valence-electron chi connectivity index (χ1n) is 9.82. The molecular weight excluding hydrogens is 372 g/mol. The second-order valence-electron chi connectivity index (χ2n) is 7.08. The molecule has 2 heterocycles. The summed E-state index contributed by atoms with van der Waals surface area (Å²) in [7, 11) is 0. The third-order valence-corrected chi connectivity index (χ3v) is 4.98. The fourth-order valence-corrected chi connectivity index (χ4v) is 3.33. The Kier molecular flexibility index (Phi) is 7.66. The van der Waals surface area contributed by atoms with Gasteiger partial charge in [0.25, 0.3) is 5.69 Å². The predicted molar refractivity (Wildman–Crippen MR) is 108 cm³/mol. The van der Waals surface area contributed by atoms with Crippen LogP contribution in [0.1, 0.15) is 17.5 Å². The number of nitro groups is 1. The van der Waals surface area contributed by atoms with E-state index < -0.39 is 4.92 Å². The number of carbonyl (C=O) groups excluding carboxylic acids is 1. The Morgan fingerprint density at radius 1 is 1.10 bits per heavy atom. The van der Waals surface area contributed by atoms with Crippen LogP contribution >= 0.6 is 0 Å². The van der Waals surface area contributed by atoms with Gasteiger partial charge in [0.2, 0.25) is 5.91 Å². The molecule has 0 unspecified atom stereocenters. The van der Waals surface area contributed by atoms with E-state index in [2.05, 4.69) is 9.88 Å². The van der Waals surface area contributed by atoms with Gasteiger partial charge in [-0.2, -0.15) is 0 Å². The Bertz CT molecular complexity index is 792. The lowest BCUT2D eigenvalue weighted by Gasteiger charge is -2.28. The molecule has 0 bridgehead atoms. The largest absolute Gasteiger partial charge is 0.379 e. The minimum Gasteiger partial charge on any atom is -0.379 e. The van der Waals surface area contributed by atoms with E-state index in [0.717, 1.165) is 50.4 Å². The monoisotopic (exact) mass is 398 g/mol. The van der Waals surface area contributed by atoms with Crippen molar-refractivity contribution in [2.45, 2.75) is 19.4 Å². The van der Waals surface area contributed by atoms with Crippen LogP contribution in [0.2, 0.25) is 0 Å². The van der Waals surface area contributed by atoms with Crippen LogP contribution in [0, 0.1) is 10.1 Å². The van der Waals surface area contributed by atoms with Crippen LogP contribution in [0.4, 0.5) is 5.69 Å². The number of hydrogen-bond acceptors (Lipinski definition) is 6. The average molecular weight is 398 g/mol. The summed E-state index contributed by atoms with van der Waals surface area (Å²) in [6, 6.07) is 9.99. The van der Waals surface area contributed by atoms with Crippen LogP contribution < -0.4 is 0 Å². The molecule has 1 aliphatic rings. The summed E-state index contributed by atoms with van der Waals surface area (Å²) >= 11 is 0. The molecule has 0 atom stereocenters. The number of amides is 1. The summed E-state index contributed by atoms with van der Waals surface area (Å²) in [5, 5.41) is 10.8. The van der Waals surface area contributed by atoms with Gasteiger partial charge >= 0.3 is 0 Å². The first kappa shape index (κ1) is 20.9. The first-order chi connectivity index (χ1) is 14.1. The molecule has 0 saturated carbocycles. The van der Waals surface area contributed by atoms with Crippen LogP contribution in [-0.4, -0.2) is 65.0 Å². The molecule has 1 amide bonds. The van der Waals surface area contributed by atoms with Crippen molar-refractivity contribution in [2.75, 3.05) is 39.4 Å². The SMILES string of the molecule is O=C(Cc1ccc([N+](=O)[O-])cc1)N(CCCN1CCOCC1)Cc1ccncc1. The Morgan fingerprint density at radius 2 is 1.79 bits per heavy atom. The number of pyridine rings is 1. The Balaban J connectivity index is 1.60. The number of rotatable bonds is 9. The highest BCUT2D eigenvalue weighted by molar-refractivity contribution is 5.78. The van der Waals surface area contributed by atoms with Gasteiger partial charge in [0, 0.05) is 57.3 Å². The molecule has 0 spiro atoms. The fraction of sp³-hybridized carbons (Fsp3) is 0.429. The Morgan fingerprint density at radius 3 is 2.45 bits per heavy atom. The molecular formula is C21H26N4O4. The number of benzene rings is 1. The van der Waals surface area contributed by atoms with Gasteiger partial charge in [0.15, 0.2) is 0 Å². The second kappa shape index (κ2) is 10.6. The molecule has 29 heavy (non-hydrogen) atoms. The molecule has 2 aromatic rings. The summed E-state index contributed by atoms with van der Waals surface area (Å²) in [5.41, 5.74) is 1.83. The van der Waals surface area contributed by atoms with Crippen molar-refractivity contribution < 1.29 is 14.5 Å². The molecule has 8 nitrogen and oxygen atoms in total. The third-order valence-electron chi connectivity index (χ3n) is 4.98. The van der Waals surface area contributed by atoms with Crippen molar-refractivity contribution in [1.82, 2.24) is 14.8 Å². The summed E-state index contributed by atoms with van der Waals surface area (Å²) < 4.78 is 5.38. The summed E-state index contributed by atoms with van der Waals surface area (Å²) in [6.45, 7) is 5.51. The second-order valence-corrected chi connectivity index (χ2v) is 7.08. The third kappa shape index (κ3) is 6.62. The summed E-state index contributed by atoms with van der Waals surface area (Å²) in [4.78, 5) is 31.6. The predicted octanol–water partition coefficient (Wildman–Crippen LogP) is 2.28. The lowest BCUT2D eigenvalue weighted by Crippen LogP contribution is -2.39. The van der Waals surface area contributed by atoms with Crippen LogP contribution in [0.15, 0.2) is 48.8 Å². The van der Waals surface area contributed by atoms with Gasteiger partial charge in [-0.25, -0.2) is 0 Å². The number of ether oxygens (including phenoxy) is 1. The highest BCUT2D eigenvalue weighted by atomic mass is 16.6. The van der Waals surface area contributed by atoms with Crippen molar-refractivity contribution in [3.8, 4) is 0 Å². The van der Waals surface area contributed by atoms with Gasteiger partial charge < -0.3 is 9.64 Å².